The molecule has 4 rings (SSSR count). The van der Waals surface area contributed by atoms with Crippen LogP contribution >= 0.6 is 11.8 Å². The summed E-state index contributed by atoms with van der Waals surface area (Å²) in [7, 11) is 2.32. The maximum atomic E-state index is 2.83. The molecule has 3 atom stereocenters. The molecule has 3 heterocycles. The van der Waals surface area contributed by atoms with E-state index in [2.05, 4.69) is 58.9 Å². The van der Waals surface area contributed by atoms with Crippen LogP contribution in [0, 0.1) is 11.8 Å². The van der Waals surface area contributed by atoms with Crippen LogP contribution in [0.1, 0.15) is 24.4 Å². The minimum Gasteiger partial charge on any atom is -0.300 e. The molecular formula is C18H26N2S. The van der Waals surface area contributed by atoms with E-state index in [-0.39, 0.29) is 0 Å². The molecule has 0 bridgehead atoms. The minimum absolute atomic E-state index is 0.638. The molecule has 21 heavy (non-hydrogen) atoms. The Morgan fingerprint density at radius 2 is 1.76 bits per heavy atom. The van der Waals surface area contributed by atoms with Crippen molar-refractivity contribution in [2.24, 2.45) is 11.8 Å². The largest absolute Gasteiger partial charge is 0.300 e. The maximum Gasteiger partial charge on any atom is 0.0389 e. The monoisotopic (exact) mass is 302 g/mol. The van der Waals surface area contributed by atoms with Gasteiger partial charge in [-0.05, 0) is 48.8 Å². The second-order valence-corrected chi connectivity index (χ2v) is 8.24. The normalized spacial score (nSPS) is 35.2. The van der Waals surface area contributed by atoms with Crippen LogP contribution in [-0.2, 0) is 0 Å². The summed E-state index contributed by atoms with van der Waals surface area (Å²) in [5.74, 6) is 4.47. The van der Waals surface area contributed by atoms with Gasteiger partial charge in [-0.25, -0.2) is 0 Å². The summed E-state index contributed by atoms with van der Waals surface area (Å²) in [5.41, 5.74) is 1.52. The lowest BCUT2D eigenvalue weighted by Gasteiger charge is -2.33. The Bertz CT molecular complexity index is 471. The van der Waals surface area contributed by atoms with Crippen molar-refractivity contribution in [1.82, 2.24) is 9.80 Å². The fourth-order valence-electron chi connectivity index (χ4n) is 4.79. The molecule has 0 saturated carbocycles. The quantitative estimate of drug-likeness (QED) is 0.829. The molecule has 0 spiro atoms. The number of benzene rings is 1. The van der Waals surface area contributed by atoms with E-state index in [1.165, 1.54) is 49.5 Å². The lowest BCUT2D eigenvalue weighted by atomic mass is 9.90. The van der Waals surface area contributed by atoms with E-state index in [1.807, 2.05) is 0 Å². The number of hydrogen-bond acceptors (Lipinski definition) is 3. The van der Waals surface area contributed by atoms with Crippen LogP contribution in [0.25, 0.3) is 0 Å². The summed E-state index contributed by atoms with van der Waals surface area (Å²) in [6.07, 6.45) is 2.83. The number of fused-ring (bicyclic) bond motifs is 1. The third-order valence-electron chi connectivity index (χ3n) is 5.77. The van der Waals surface area contributed by atoms with Crippen LogP contribution in [0.3, 0.4) is 0 Å². The van der Waals surface area contributed by atoms with Crippen molar-refractivity contribution in [2.45, 2.75) is 24.9 Å². The van der Waals surface area contributed by atoms with Gasteiger partial charge in [0.25, 0.3) is 0 Å². The second-order valence-electron chi connectivity index (χ2n) is 7.02. The van der Waals surface area contributed by atoms with Gasteiger partial charge in [0.15, 0.2) is 0 Å². The van der Waals surface area contributed by atoms with Gasteiger partial charge in [-0.15, -0.1) is 0 Å². The van der Waals surface area contributed by atoms with Crippen LogP contribution in [0.4, 0.5) is 0 Å². The molecule has 0 unspecified atom stereocenters. The highest BCUT2D eigenvalue weighted by molar-refractivity contribution is 7.99. The van der Waals surface area contributed by atoms with Crippen LogP contribution in [0.2, 0.25) is 0 Å². The number of likely N-dealkylation sites (tertiary alicyclic amines) is 2. The van der Waals surface area contributed by atoms with Crippen molar-refractivity contribution in [2.75, 3.05) is 38.2 Å². The molecule has 0 radical (unpaired) electrons. The first-order valence-electron chi connectivity index (χ1n) is 8.40. The number of nitrogens with zero attached hydrogens (tertiary/aromatic N) is 2. The van der Waals surface area contributed by atoms with Crippen molar-refractivity contribution >= 4 is 11.8 Å². The standard InChI is InChI=1S/C18H26N2S/c1-19-11-15-12-20(16-7-9-21-10-8-16)13-17(15)18(19)14-5-3-2-4-6-14/h2-6,15-18H,7-13H2,1H3/t15-,17+,18-/m0/s1. The number of rotatable bonds is 2. The Hall–Kier alpha value is -0.510. The van der Waals surface area contributed by atoms with E-state index in [1.54, 1.807) is 0 Å². The van der Waals surface area contributed by atoms with Gasteiger partial charge < -0.3 is 0 Å². The van der Waals surface area contributed by atoms with E-state index >= 15 is 0 Å². The zero-order chi connectivity index (χ0) is 14.2. The lowest BCUT2D eigenvalue weighted by Crippen LogP contribution is -2.38. The topological polar surface area (TPSA) is 6.48 Å². The van der Waals surface area contributed by atoms with Gasteiger partial charge >= 0.3 is 0 Å². The van der Waals surface area contributed by atoms with Gasteiger partial charge in [0.05, 0.1) is 0 Å². The Kier molecular flexibility index (Phi) is 3.99. The van der Waals surface area contributed by atoms with E-state index in [0.717, 1.165) is 17.9 Å². The molecule has 1 aromatic carbocycles. The fraction of sp³-hybridized carbons (Fsp3) is 0.667. The molecule has 0 amide bonds. The van der Waals surface area contributed by atoms with Crippen molar-refractivity contribution in [3.63, 3.8) is 0 Å². The van der Waals surface area contributed by atoms with Gasteiger partial charge in [-0.1, -0.05) is 30.3 Å². The van der Waals surface area contributed by atoms with Gasteiger partial charge in [-0.2, -0.15) is 11.8 Å². The third-order valence-corrected chi connectivity index (χ3v) is 6.82. The molecule has 1 aromatic rings. The maximum absolute atomic E-state index is 2.83. The molecule has 3 saturated heterocycles. The highest BCUT2D eigenvalue weighted by Crippen LogP contribution is 2.45. The van der Waals surface area contributed by atoms with Gasteiger partial charge in [0.1, 0.15) is 0 Å². The molecular weight excluding hydrogens is 276 g/mol. The average Bonchev–Trinajstić information content (AvgIpc) is 3.05. The molecule has 3 fully saturated rings. The van der Waals surface area contributed by atoms with Crippen LogP contribution in [-0.4, -0.2) is 54.0 Å². The minimum atomic E-state index is 0.638. The van der Waals surface area contributed by atoms with E-state index in [9.17, 15) is 0 Å². The molecule has 0 N–H and O–H groups in total. The van der Waals surface area contributed by atoms with Crippen LogP contribution < -0.4 is 0 Å². The Morgan fingerprint density at radius 3 is 2.52 bits per heavy atom. The zero-order valence-electron chi connectivity index (χ0n) is 12.9. The number of thioether (sulfide) groups is 1. The molecule has 3 aliphatic rings. The molecule has 2 nitrogen and oxygen atoms in total. The van der Waals surface area contributed by atoms with Gasteiger partial charge in [0.2, 0.25) is 0 Å². The molecule has 3 aliphatic heterocycles. The van der Waals surface area contributed by atoms with Crippen molar-refractivity contribution in [3.05, 3.63) is 35.9 Å². The first-order valence-corrected chi connectivity index (χ1v) is 9.55. The fourth-order valence-corrected chi connectivity index (χ4v) is 5.87. The Balaban J connectivity index is 1.50. The first-order chi connectivity index (χ1) is 10.3. The summed E-state index contributed by atoms with van der Waals surface area (Å²) >= 11 is 2.14. The SMILES string of the molecule is CN1C[C@H]2CN(C3CCSCC3)C[C@H]2[C@@H]1c1ccccc1. The highest BCUT2D eigenvalue weighted by Gasteiger charge is 2.47. The zero-order valence-corrected chi connectivity index (χ0v) is 13.8. The molecule has 3 heteroatoms. The number of hydrogen-bond donors (Lipinski definition) is 0. The highest BCUT2D eigenvalue weighted by atomic mass is 32.2. The molecule has 0 aromatic heterocycles. The second kappa shape index (κ2) is 5.94. The average molecular weight is 302 g/mol. The predicted molar refractivity (Wildman–Crippen MR) is 90.7 cm³/mol. The summed E-state index contributed by atoms with van der Waals surface area (Å²) in [6, 6.07) is 12.7. The molecule has 0 aliphatic carbocycles. The van der Waals surface area contributed by atoms with Gasteiger partial charge in [0, 0.05) is 31.7 Å². The lowest BCUT2D eigenvalue weighted by molar-refractivity contribution is 0.180. The first kappa shape index (κ1) is 14.1. The van der Waals surface area contributed by atoms with E-state index < -0.39 is 0 Å². The Labute approximate surface area is 132 Å². The summed E-state index contributed by atoms with van der Waals surface area (Å²) in [5, 5.41) is 0. The molecule has 114 valence electrons. The summed E-state index contributed by atoms with van der Waals surface area (Å²) < 4.78 is 0. The Morgan fingerprint density at radius 1 is 1.00 bits per heavy atom. The predicted octanol–water partition coefficient (Wildman–Crippen LogP) is 3.12. The van der Waals surface area contributed by atoms with Crippen LogP contribution in [0.15, 0.2) is 30.3 Å². The van der Waals surface area contributed by atoms with E-state index in [0.29, 0.717) is 6.04 Å². The van der Waals surface area contributed by atoms with Crippen molar-refractivity contribution in [1.29, 1.82) is 0 Å². The third kappa shape index (κ3) is 2.64. The van der Waals surface area contributed by atoms with Crippen LogP contribution in [0.5, 0.6) is 0 Å². The smallest absolute Gasteiger partial charge is 0.0389 e. The van der Waals surface area contributed by atoms with E-state index in [4.69, 9.17) is 0 Å². The van der Waals surface area contributed by atoms with Gasteiger partial charge in [-0.3, -0.25) is 9.80 Å². The van der Waals surface area contributed by atoms with Crippen molar-refractivity contribution in [3.8, 4) is 0 Å². The summed E-state index contributed by atoms with van der Waals surface area (Å²) in [4.78, 5) is 5.43. The van der Waals surface area contributed by atoms with Crippen molar-refractivity contribution < 1.29 is 0 Å². The summed E-state index contributed by atoms with van der Waals surface area (Å²) in [6.45, 7) is 3.94.